The van der Waals surface area contributed by atoms with Gasteiger partial charge in [0.1, 0.15) is 5.01 Å². The van der Waals surface area contributed by atoms with Crippen LogP contribution in [0.15, 0.2) is 0 Å². The van der Waals surface area contributed by atoms with E-state index in [4.69, 9.17) is 5.73 Å². The number of fused-ring (bicyclic) bond motifs is 1. The molecule has 0 fully saturated rings. The topological polar surface area (TPSA) is 69.1 Å². The van der Waals surface area contributed by atoms with Crippen LogP contribution in [-0.4, -0.2) is 19.8 Å². The number of nitrogens with two attached hydrogens (primary N) is 1. The zero-order chi connectivity index (χ0) is 12.6. The molecule has 0 aliphatic carbocycles. The molecule has 0 aliphatic rings. The fraction of sp³-hybridized carbons (Fsp3) is 0.727. The molecule has 0 spiro atoms. The van der Waals surface area contributed by atoms with Crippen LogP contribution in [0.3, 0.4) is 0 Å². The van der Waals surface area contributed by atoms with Crippen molar-refractivity contribution in [2.75, 3.05) is 0 Å². The van der Waals surface area contributed by atoms with E-state index in [1.807, 2.05) is 11.4 Å². The minimum atomic E-state index is -0.367. The highest BCUT2D eigenvalue weighted by molar-refractivity contribution is 7.16. The molecule has 94 valence electrons. The Morgan fingerprint density at radius 2 is 2.12 bits per heavy atom. The van der Waals surface area contributed by atoms with Gasteiger partial charge in [0.25, 0.3) is 0 Å². The molecule has 2 aromatic rings. The van der Waals surface area contributed by atoms with Gasteiger partial charge in [-0.25, -0.2) is 0 Å². The Hall–Kier alpha value is -1.01. The van der Waals surface area contributed by atoms with Crippen molar-refractivity contribution in [3.05, 3.63) is 10.8 Å². The van der Waals surface area contributed by atoms with E-state index in [1.54, 1.807) is 0 Å². The zero-order valence-electron chi connectivity index (χ0n) is 10.8. The van der Waals surface area contributed by atoms with E-state index in [-0.39, 0.29) is 5.54 Å². The summed E-state index contributed by atoms with van der Waals surface area (Å²) >= 11 is 1.54. The summed E-state index contributed by atoms with van der Waals surface area (Å²) < 4.78 is 1.82. The monoisotopic (exact) mass is 253 g/mol. The van der Waals surface area contributed by atoms with Crippen LogP contribution in [0.1, 0.15) is 57.3 Å². The van der Waals surface area contributed by atoms with Gasteiger partial charge in [-0.2, -0.15) is 9.61 Å². The van der Waals surface area contributed by atoms with Gasteiger partial charge in [0.15, 0.2) is 5.82 Å². The van der Waals surface area contributed by atoms with Crippen LogP contribution in [0.2, 0.25) is 0 Å². The van der Waals surface area contributed by atoms with Crippen molar-refractivity contribution in [1.82, 2.24) is 19.8 Å². The SMILES string of the molecule is CCCC(C)(N)c1nn2c(C(C)C)nnc2s1. The molecule has 0 radical (unpaired) electrons. The van der Waals surface area contributed by atoms with E-state index in [9.17, 15) is 0 Å². The van der Waals surface area contributed by atoms with Crippen molar-refractivity contribution < 1.29 is 0 Å². The lowest BCUT2D eigenvalue weighted by Crippen LogP contribution is -2.32. The summed E-state index contributed by atoms with van der Waals surface area (Å²) in [6.07, 6.45) is 1.97. The third-order valence-electron chi connectivity index (χ3n) is 2.79. The molecule has 2 N–H and O–H groups in total. The van der Waals surface area contributed by atoms with Crippen molar-refractivity contribution in [1.29, 1.82) is 0 Å². The third kappa shape index (κ3) is 2.19. The largest absolute Gasteiger partial charge is 0.320 e. The van der Waals surface area contributed by atoms with Crippen LogP contribution in [-0.2, 0) is 5.54 Å². The van der Waals surface area contributed by atoms with Crippen molar-refractivity contribution >= 4 is 16.3 Å². The second-order valence-electron chi connectivity index (χ2n) is 4.98. The Bertz CT molecular complexity index is 511. The Labute approximate surface area is 105 Å². The molecule has 2 rings (SSSR count). The fourth-order valence-electron chi connectivity index (χ4n) is 1.85. The Morgan fingerprint density at radius 1 is 1.41 bits per heavy atom. The summed E-state index contributed by atoms with van der Waals surface area (Å²) in [5.74, 6) is 1.21. The molecular formula is C11H19N5S. The Kier molecular flexibility index (Phi) is 3.18. The van der Waals surface area contributed by atoms with E-state index in [0.29, 0.717) is 5.92 Å². The molecule has 0 saturated carbocycles. The molecule has 0 aliphatic heterocycles. The Balaban J connectivity index is 2.45. The first-order chi connectivity index (χ1) is 7.95. The molecule has 0 saturated heterocycles. The zero-order valence-corrected chi connectivity index (χ0v) is 11.6. The number of rotatable bonds is 4. The average Bonchev–Trinajstić information content (AvgIpc) is 2.74. The van der Waals surface area contributed by atoms with Crippen molar-refractivity contribution in [3.63, 3.8) is 0 Å². The summed E-state index contributed by atoms with van der Waals surface area (Å²) in [5, 5.41) is 13.8. The van der Waals surface area contributed by atoms with Gasteiger partial charge in [-0.05, 0) is 13.3 Å². The quantitative estimate of drug-likeness (QED) is 0.907. The Morgan fingerprint density at radius 3 is 2.71 bits per heavy atom. The van der Waals surface area contributed by atoms with E-state index in [2.05, 4.69) is 36.1 Å². The van der Waals surface area contributed by atoms with Gasteiger partial charge in [-0.3, -0.25) is 0 Å². The molecule has 0 aromatic carbocycles. The van der Waals surface area contributed by atoms with Gasteiger partial charge in [0.05, 0.1) is 5.54 Å². The van der Waals surface area contributed by atoms with Gasteiger partial charge in [0, 0.05) is 5.92 Å². The normalized spacial score (nSPS) is 15.6. The summed E-state index contributed by atoms with van der Waals surface area (Å²) in [7, 11) is 0. The molecule has 1 atom stereocenters. The first kappa shape index (κ1) is 12.4. The highest BCUT2D eigenvalue weighted by Crippen LogP contribution is 2.28. The second kappa shape index (κ2) is 4.34. The maximum Gasteiger partial charge on any atom is 0.234 e. The summed E-state index contributed by atoms with van der Waals surface area (Å²) in [5.41, 5.74) is 5.92. The van der Waals surface area contributed by atoms with Crippen LogP contribution in [0.5, 0.6) is 0 Å². The summed E-state index contributed by atoms with van der Waals surface area (Å²) in [4.78, 5) is 0.830. The molecule has 17 heavy (non-hydrogen) atoms. The van der Waals surface area contributed by atoms with Crippen LogP contribution in [0.4, 0.5) is 0 Å². The van der Waals surface area contributed by atoms with Gasteiger partial charge < -0.3 is 5.73 Å². The lowest BCUT2D eigenvalue weighted by Gasteiger charge is -2.19. The van der Waals surface area contributed by atoms with Gasteiger partial charge in [-0.15, -0.1) is 10.2 Å². The van der Waals surface area contributed by atoms with Gasteiger partial charge >= 0.3 is 0 Å². The molecule has 5 nitrogen and oxygen atoms in total. The van der Waals surface area contributed by atoms with Crippen molar-refractivity contribution in [3.8, 4) is 0 Å². The molecule has 0 amide bonds. The predicted molar refractivity (Wildman–Crippen MR) is 69.2 cm³/mol. The fourth-order valence-corrected chi connectivity index (χ4v) is 2.78. The molecule has 1 unspecified atom stereocenters. The van der Waals surface area contributed by atoms with E-state index < -0.39 is 0 Å². The van der Waals surface area contributed by atoms with E-state index >= 15 is 0 Å². The van der Waals surface area contributed by atoms with Crippen LogP contribution in [0.25, 0.3) is 4.96 Å². The van der Waals surface area contributed by atoms with Gasteiger partial charge in [0.2, 0.25) is 4.96 Å². The minimum Gasteiger partial charge on any atom is -0.320 e. The van der Waals surface area contributed by atoms with Crippen LogP contribution < -0.4 is 5.73 Å². The summed E-state index contributed by atoms with van der Waals surface area (Å²) in [6.45, 7) is 8.33. The minimum absolute atomic E-state index is 0.315. The molecule has 6 heteroatoms. The molecule has 2 aromatic heterocycles. The maximum atomic E-state index is 6.28. The lowest BCUT2D eigenvalue weighted by molar-refractivity contribution is 0.438. The number of nitrogens with zero attached hydrogens (tertiary/aromatic N) is 4. The smallest absolute Gasteiger partial charge is 0.234 e. The maximum absolute atomic E-state index is 6.28. The molecular weight excluding hydrogens is 234 g/mol. The number of hydrogen-bond donors (Lipinski definition) is 1. The van der Waals surface area contributed by atoms with E-state index in [0.717, 1.165) is 28.6 Å². The van der Waals surface area contributed by atoms with Crippen LogP contribution in [0, 0.1) is 0 Å². The molecule has 0 bridgehead atoms. The first-order valence-corrected chi connectivity index (χ1v) is 6.79. The predicted octanol–water partition coefficient (Wildman–Crippen LogP) is 2.28. The van der Waals surface area contributed by atoms with Crippen LogP contribution >= 0.6 is 11.3 Å². The second-order valence-corrected chi connectivity index (χ2v) is 5.94. The average molecular weight is 253 g/mol. The van der Waals surface area contributed by atoms with Crippen molar-refractivity contribution in [2.45, 2.75) is 52.0 Å². The van der Waals surface area contributed by atoms with Crippen molar-refractivity contribution in [2.24, 2.45) is 5.73 Å². The highest BCUT2D eigenvalue weighted by Gasteiger charge is 2.26. The lowest BCUT2D eigenvalue weighted by atomic mass is 9.99. The third-order valence-corrected chi connectivity index (χ3v) is 3.97. The standard InChI is InChI=1S/C11H19N5S/c1-5-6-11(4,12)9-15-16-8(7(2)3)13-14-10(16)17-9/h7H,5-6,12H2,1-4H3. The van der Waals surface area contributed by atoms with Gasteiger partial charge in [-0.1, -0.05) is 38.5 Å². The summed E-state index contributed by atoms with van der Waals surface area (Å²) in [6, 6.07) is 0. The first-order valence-electron chi connectivity index (χ1n) is 5.97. The highest BCUT2D eigenvalue weighted by atomic mass is 32.1. The molecule has 2 heterocycles. The number of aromatic nitrogens is 4. The van der Waals surface area contributed by atoms with E-state index in [1.165, 1.54) is 11.3 Å². The number of hydrogen-bond acceptors (Lipinski definition) is 5.